The molecule has 0 saturated heterocycles. The number of nitrogens with zero attached hydrogens (tertiary/aromatic N) is 2. The van der Waals surface area contributed by atoms with Crippen LogP contribution < -0.4 is 10.9 Å². The van der Waals surface area contributed by atoms with E-state index in [1.165, 1.54) is 11.6 Å². The SMILES string of the molecule is CCO[C@@H](CC)CNc1c([N+](=O)[O-])c(=O)n(C)c2ccccc12. The average molecular weight is 319 g/mol. The highest BCUT2D eigenvalue weighted by molar-refractivity contribution is 5.96. The Hall–Kier alpha value is -2.41. The van der Waals surface area contributed by atoms with Gasteiger partial charge in [0.25, 0.3) is 0 Å². The molecule has 7 heteroatoms. The van der Waals surface area contributed by atoms with Gasteiger partial charge in [-0.1, -0.05) is 25.1 Å². The molecule has 0 aliphatic carbocycles. The first kappa shape index (κ1) is 17.0. The number of anilines is 1. The van der Waals surface area contributed by atoms with E-state index in [4.69, 9.17) is 4.74 Å². The summed E-state index contributed by atoms with van der Waals surface area (Å²) in [7, 11) is 1.54. The summed E-state index contributed by atoms with van der Waals surface area (Å²) in [5, 5.41) is 15.1. The summed E-state index contributed by atoms with van der Waals surface area (Å²) in [6.07, 6.45) is 0.708. The first-order valence-electron chi connectivity index (χ1n) is 7.62. The summed E-state index contributed by atoms with van der Waals surface area (Å²) in [6.45, 7) is 4.86. The van der Waals surface area contributed by atoms with Gasteiger partial charge in [0, 0.05) is 25.6 Å². The molecule has 0 aliphatic heterocycles. The Morgan fingerprint density at radius 1 is 1.35 bits per heavy atom. The lowest BCUT2D eigenvalue weighted by Gasteiger charge is -2.18. The molecule has 0 radical (unpaired) electrons. The largest absolute Gasteiger partial charge is 0.377 e. The number of aryl methyl sites for hydroxylation is 1. The number of fused-ring (bicyclic) bond motifs is 1. The monoisotopic (exact) mass is 319 g/mol. The maximum Gasteiger partial charge on any atom is 0.357 e. The highest BCUT2D eigenvalue weighted by Gasteiger charge is 2.25. The quantitative estimate of drug-likeness (QED) is 0.626. The summed E-state index contributed by atoms with van der Waals surface area (Å²) >= 11 is 0. The lowest BCUT2D eigenvalue weighted by molar-refractivity contribution is -0.385. The van der Waals surface area contributed by atoms with Crippen molar-refractivity contribution in [3.63, 3.8) is 0 Å². The van der Waals surface area contributed by atoms with E-state index >= 15 is 0 Å². The summed E-state index contributed by atoms with van der Waals surface area (Å²) in [4.78, 5) is 23.1. The zero-order chi connectivity index (χ0) is 17.0. The number of nitrogens with one attached hydrogen (secondary N) is 1. The van der Waals surface area contributed by atoms with Gasteiger partial charge < -0.3 is 14.6 Å². The predicted octanol–water partition coefficient (Wildman–Crippen LogP) is 2.67. The Balaban J connectivity index is 2.56. The number of rotatable bonds is 7. The minimum atomic E-state index is -0.626. The van der Waals surface area contributed by atoms with Crippen molar-refractivity contribution >= 4 is 22.3 Å². The van der Waals surface area contributed by atoms with Crippen LogP contribution in [-0.2, 0) is 11.8 Å². The maximum absolute atomic E-state index is 12.3. The van der Waals surface area contributed by atoms with Gasteiger partial charge in [-0.2, -0.15) is 0 Å². The third kappa shape index (κ3) is 3.34. The smallest absolute Gasteiger partial charge is 0.357 e. The van der Waals surface area contributed by atoms with Crippen LogP contribution in [0, 0.1) is 10.1 Å². The molecule has 1 N–H and O–H groups in total. The van der Waals surface area contributed by atoms with E-state index in [-0.39, 0.29) is 11.8 Å². The van der Waals surface area contributed by atoms with Crippen LogP contribution in [0.15, 0.2) is 29.1 Å². The van der Waals surface area contributed by atoms with Crippen molar-refractivity contribution in [3.05, 3.63) is 44.7 Å². The second-order valence-electron chi connectivity index (χ2n) is 5.23. The van der Waals surface area contributed by atoms with E-state index in [0.717, 1.165) is 6.42 Å². The van der Waals surface area contributed by atoms with E-state index < -0.39 is 16.2 Å². The number of pyridine rings is 1. The molecular weight excluding hydrogens is 298 g/mol. The molecule has 0 fully saturated rings. The fourth-order valence-corrected chi connectivity index (χ4v) is 2.60. The van der Waals surface area contributed by atoms with E-state index in [0.29, 0.717) is 24.1 Å². The molecule has 0 amide bonds. The number of hydrogen-bond acceptors (Lipinski definition) is 5. The van der Waals surface area contributed by atoms with Crippen LogP contribution in [0.2, 0.25) is 0 Å². The summed E-state index contributed by atoms with van der Waals surface area (Å²) in [5.41, 5.74) is -0.153. The third-order valence-corrected chi connectivity index (χ3v) is 3.83. The molecule has 1 aromatic carbocycles. The Bertz CT molecular complexity index is 770. The number of para-hydroxylation sites is 1. The van der Waals surface area contributed by atoms with Gasteiger partial charge >= 0.3 is 11.2 Å². The van der Waals surface area contributed by atoms with Gasteiger partial charge in [0.05, 0.1) is 16.5 Å². The normalized spacial score (nSPS) is 12.3. The van der Waals surface area contributed by atoms with Gasteiger partial charge in [-0.15, -0.1) is 0 Å². The number of benzene rings is 1. The van der Waals surface area contributed by atoms with Crippen LogP contribution >= 0.6 is 0 Å². The molecule has 1 atom stereocenters. The molecule has 1 aromatic heterocycles. The van der Waals surface area contributed by atoms with E-state index in [9.17, 15) is 14.9 Å². The van der Waals surface area contributed by atoms with Crippen molar-refractivity contribution < 1.29 is 9.66 Å². The fourth-order valence-electron chi connectivity index (χ4n) is 2.60. The first-order valence-corrected chi connectivity index (χ1v) is 7.62. The lowest BCUT2D eigenvalue weighted by atomic mass is 10.1. The van der Waals surface area contributed by atoms with Crippen LogP contribution in [-0.4, -0.2) is 28.7 Å². The average Bonchev–Trinajstić information content (AvgIpc) is 2.55. The minimum absolute atomic E-state index is 0.0672. The van der Waals surface area contributed by atoms with Crippen molar-refractivity contribution in [2.45, 2.75) is 26.4 Å². The molecule has 0 bridgehead atoms. The Kier molecular flexibility index (Phi) is 5.33. The second-order valence-corrected chi connectivity index (χ2v) is 5.23. The molecule has 7 nitrogen and oxygen atoms in total. The van der Waals surface area contributed by atoms with Crippen LogP contribution in [0.25, 0.3) is 10.9 Å². The Labute approximate surface area is 134 Å². The second kappa shape index (κ2) is 7.23. The maximum atomic E-state index is 12.3. The van der Waals surface area contributed by atoms with Crippen LogP contribution in [0.4, 0.5) is 11.4 Å². The van der Waals surface area contributed by atoms with Crippen molar-refractivity contribution in [1.29, 1.82) is 0 Å². The molecule has 2 rings (SSSR count). The number of ether oxygens (including phenoxy) is 1. The standard InChI is InChI=1S/C16H21N3O4/c1-4-11(23-5-2)10-17-14-12-8-6-7-9-13(12)18(3)16(20)15(14)19(21)22/h6-9,11,17H,4-5,10H2,1-3H3/t11-/m0/s1. The van der Waals surface area contributed by atoms with Crippen molar-refractivity contribution in [1.82, 2.24) is 4.57 Å². The number of aromatic nitrogens is 1. The zero-order valence-corrected chi connectivity index (χ0v) is 13.5. The zero-order valence-electron chi connectivity index (χ0n) is 13.5. The molecule has 0 saturated carbocycles. The van der Waals surface area contributed by atoms with E-state index in [2.05, 4.69) is 5.32 Å². The number of hydrogen-bond donors (Lipinski definition) is 1. The molecule has 0 spiro atoms. The summed E-state index contributed by atoms with van der Waals surface area (Å²) in [5.74, 6) is 0. The first-order chi connectivity index (χ1) is 11.0. The van der Waals surface area contributed by atoms with Gasteiger partial charge in [-0.25, -0.2) is 0 Å². The van der Waals surface area contributed by atoms with Gasteiger partial charge in [0.1, 0.15) is 5.69 Å². The Morgan fingerprint density at radius 3 is 2.65 bits per heavy atom. The molecule has 1 heterocycles. The van der Waals surface area contributed by atoms with Crippen molar-refractivity contribution in [2.24, 2.45) is 7.05 Å². The molecule has 0 aliphatic rings. The van der Waals surface area contributed by atoms with Gasteiger partial charge in [0.2, 0.25) is 0 Å². The molecule has 2 aromatic rings. The highest BCUT2D eigenvalue weighted by Crippen LogP contribution is 2.29. The minimum Gasteiger partial charge on any atom is -0.377 e. The molecule has 124 valence electrons. The highest BCUT2D eigenvalue weighted by atomic mass is 16.6. The van der Waals surface area contributed by atoms with Crippen LogP contribution in [0.5, 0.6) is 0 Å². The number of nitro groups is 1. The Morgan fingerprint density at radius 2 is 2.04 bits per heavy atom. The van der Waals surface area contributed by atoms with Crippen molar-refractivity contribution in [2.75, 3.05) is 18.5 Å². The van der Waals surface area contributed by atoms with Crippen molar-refractivity contribution in [3.8, 4) is 0 Å². The molecular formula is C16H21N3O4. The lowest BCUT2D eigenvalue weighted by Crippen LogP contribution is -2.26. The molecule has 0 unspecified atom stereocenters. The predicted molar refractivity (Wildman–Crippen MR) is 90.0 cm³/mol. The summed E-state index contributed by atoms with van der Waals surface area (Å²) in [6, 6.07) is 7.13. The van der Waals surface area contributed by atoms with Crippen LogP contribution in [0.3, 0.4) is 0 Å². The molecule has 23 heavy (non-hydrogen) atoms. The van der Waals surface area contributed by atoms with Crippen LogP contribution in [0.1, 0.15) is 20.3 Å². The van der Waals surface area contributed by atoms with E-state index in [1.54, 1.807) is 24.3 Å². The third-order valence-electron chi connectivity index (χ3n) is 3.83. The topological polar surface area (TPSA) is 86.4 Å². The van der Waals surface area contributed by atoms with Gasteiger partial charge in [0.15, 0.2) is 0 Å². The summed E-state index contributed by atoms with van der Waals surface area (Å²) < 4.78 is 6.87. The fraction of sp³-hybridized carbons (Fsp3) is 0.438. The van der Waals surface area contributed by atoms with Gasteiger partial charge in [-0.3, -0.25) is 14.9 Å². The van der Waals surface area contributed by atoms with E-state index in [1.807, 2.05) is 13.8 Å². The van der Waals surface area contributed by atoms with Gasteiger partial charge in [-0.05, 0) is 19.4 Å².